The van der Waals surface area contributed by atoms with Crippen molar-refractivity contribution in [3.8, 4) is 0 Å². The summed E-state index contributed by atoms with van der Waals surface area (Å²) in [6.45, 7) is 3.82. The van der Waals surface area contributed by atoms with E-state index in [-0.39, 0.29) is 18.2 Å². The summed E-state index contributed by atoms with van der Waals surface area (Å²) in [6.07, 6.45) is 1.61. The van der Waals surface area contributed by atoms with Crippen LogP contribution in [0.3, 0.4) is 0 Å². The van der Waals surface area contributed by atoms with Gasteiger partial charge in [0.25, 0.3) is 11.8 Å². The molecule has 0 aliphatic heterocycles. The second-order valence-corrected chi connectivity index (χ2v) is 11.8. The number of carbonyl (C=O) groups is 4. The van der Waals surface area contributed by atoms with E-state index < -0.39 is 23.0 Å². The smallest absolute Gasteiger partial charge is 0.338 e. The van der Waals surface area contributed by atoms with E-state index >= 15 is 0 Å². The Labute approximate surface area is 268 Å². The average Bonchev–Trinajstić information content (AvgIpc) is 3.02. The molecule has 3 amide bonds. The number of hydrogen-bond donors (Lipinski definition) is 3. The van der Waals surface area contributed by atoms with Crippen molar-refractivity contribution in [2.75, 3.05) is 17.2 Å². The standard InChI is InChI=1S/C34H30BrN3O5S/c1-3-43-34(42)25-12-14-27(15-13-25)36-31(39)22(2)44-29-18-16-28(17-19-29)37-33(41)30(21-23-8-7-11-26(35)20-23)38-32(40)24-9-5-4-6-10-24/h4-22H,3H2,1-2H3,(H,36,39)(H,37,41)(H,38,40)/b30-21-. The molecule has 0 fully saturated rings. The highest BCUT2D eigenvalue weighted by Crippen LogP contribution is 2.26. The maximum absolute atomic E-state index is 13.3. The Morgan fingerprint density at radius 1 is 0.818 bits per heavy atom. The molecule has 0 aromatic heterocycles. The summed E-state index contributed by atoms with van der Waals surface area (Å²) >= 11 is 4.79. The van der Waals surface area contributed by atoms with Gasteiger partial charge >= 0.3 is 5.97 Å². The van der Waals surface area contributed by atoms with E-state index in [1.807, 2.05) is 30.3 Å². The van der Waals surface area contributed by atoms with Crippen LogP contribution in [0.15, 0.2) is 118 Å². The fourth-order valence-corrected chi connectivity index (χ4v) is 5.21. The molecule has 0 bridgehead atoms. The highest BCUT2D eigenvalue weighted by molar-refractivity contribution is 9.10. The molecule has 8 nitrogen and oxygen atoms in total. The van der Waals surface area contributed by atoms with Crippen molar-refractivity contribution in [3.63, 3.8) is 0 Å². The van der Waals surface area contributed by atoms with E-state index in [1.165, 1.54) is 11.8 Å². The van der Waals surface area contributed by atoms with Gasteiger partial charge < -0.3 is 20.7 Å². The van der Waals surface area contributed by atoms with Gasteiger partial charge in [-0.1, -0.05) is 46.3 Å². The summed E-state index contributed by atoms with van der Waals surface area (Å²) < 4.78 is 5.82. The van der Waals surface area contributed by atoms with Gasteiger partial charge in [0.1, 0.15) is 5.70 Å². The van der Waals surface area contributed by atoms with Gasteiger partial charge in [-0.3, -0.25) is 14.4 Å². The number of benzene rings is 4. The number of ether oxygens (including phenoxy) is 1. The van der Waals surface area contributed by atoms with Crippen molar-refractivity contribution in [2.24, 2.45) is 0 Å². The minimum atomic E-state index is -0.489. The molecule has 4 aromatic carbocycles. The van der Waals surface area contributed by atoms with E-state index in [9.17, 15) is 19.2 Å². The van der Waals surface area contributed by atoms with Crippen LogP contribution in [0.1, 0.15) is 40.1 Å². The molecule has 1 unspecified atom stereocenters. The molecule has 10 heteroatoms. The summed E-state index contributed by atoms with van der Waals surface area (Å²) in [4.78, 5) is 51.6. The molecule has 4 rings (SSSR count). The van der Waals surface area contributed by atoms with Crippen LogP contribution in [0.5, 0.6) is 0 Å². The molecule has 3 N–H and O–H groups in total. The molecule has 44 heavy (non-hydrogen) atoms. The van der Waals surface area contributed by atoms with Crippen LogP contribution in [0.4, 0.5) is 11.4 Å². The zero-order valence-electron chi connectivity index (χ0n) is 24.0. The van der Waals surface area contributed by atoms with Crippen LogP contribution in [-0.2, 0) is 14.3 Å². The predicted octanol–water partition coefficient (Wildman–Crippen LogP) is 7.15. The number of hydrogen-bond acceptors (Lipinski definition) is 6. The van der Waals surface area contributed by atoms with Crippen LogP contribution in [0.2, 0.25) is 0 Å². The highest BCUT2D eigenvalue weighted by atomic mass is 79.9. The van der Waals surface area contributed by atoms with Crippen LogP contribution < -0.4 is 16.0 Å². The van der Waals surface area contributed by atoms with Crippen LogP contribution in [0.25, 0.3) is 6.08 Å². The van der Waals surface area contributed by atoms with Crippen molar-refractivity contribution >= 4 is 68.8 Å². The molecule has 0 aliphatic carbocycles. The van der Waals surface area contributed by atoms with Gasteiger partial charge in [0.15, 0.2) is 0 Å². The Bertz CT molecular complexity index is 1660. The van der Waals surface area contributed by atoms with E-state index in [2.05, 4.69) is 31.9 Å². The van der Waals surface area contributed by atoms with E-state index in [0.29, 0.717) is 22.5 Å². The van der Waals surface area contributed by atoms with Gasteiger partial charge in [0, 0.05) is 26.3 Å². The Kier molecular flexibility index (Phi) is 11.5. The summed E-state index contributed by atoms with van der Waals surface area (Å²) in [6, 6.07) is 29.6. The third-order valence-corrected chi connectivity index (χ3v) is 7.75. The SMILES string of the molecule is CCOC(=O)c1ccc(NC(=O)C(C)Sc2ccc(NC(=O)/C(=C/c3cccc(Br)c3)NC(=O)c3ccccc3)cc2)cc1. The molecule has 4 aromatic rings. The zero-order chi connectivity index (χ0) is 31.5. The second-order valence-electron chi connectivity index (χ2n) is 9.46. The molecule has 0 spiro atoms. The molecule has 1 atom stereocenters. The fraction of sp³-hybridized carbons (Fsp3) is 0.118. The summed E-state index contributed by atoms with van der Waals surface area (Å²) in [5, 5.41) is 7.99. The van der Waals surface area contributed by atoms with Crippen molar-refractivity contribution < 1.29 is 23.9 Å². The fourth-order valence-electron chi connectivity index (χ4n) is 3.93. The topological polar surface area (TPSA) is 114 Å². The van der Waals surface area contributed by atoms with Crippen LogP contribution >= 0.6 is 27.7 Å². The number of nitrogens with one attached hydrogen (secondary N) is 3. The maximum atomic E-state index is 13.3. The van der Waals surface area contributed by atoms with E-state index in [0.717, 1.165) is 14.9 Å². The molecule has 0 aliphatic rings. The molecule has 0 radical (unpaired) electrons. The van der Waals surface area contributed by atoms with Gasteiger partial charge in [0.05, 0.1) is 17.4 Å². The minimum Gasteiger partial charge on any atom is -0.462 e. The first-order valence-electron chi connectivity index (χ1n) is 13.7. The van der Waals surface area contributed by atoms with Gasteiger partial charge in [-0.15, -0.1) is 11.8 Å². The quantitative estimate of drug-likeness (QED) is 0.0886. The van der Waals surface area contributed by atoms with Gasteiger partial charge in [-0.05, 0) is 98.3 Å². The van der Waals surface area contributed by atoms with Crippen molar-refractivity contribution in [1.82, 2.24) is 5.32 Å². The number of thioether (sulfide) groups is 1. The van der Waals surface area contributed by atoms with E-state index in [1.54, 1.807) is 92.7 Å². The third kappa shape index (κ3) is 9.42. The zero-order valence-corrected chi connectivity index (χ0v) is 26.4. The molecule has 0 saturated carbocycles. The molecule has 224 valence electrons. The second kappa shape index (κ2) is 15.7. The molecule has 0 saturated heterocycles. The molecular formula is C34H30BrN3O5S. The third-order valence-electron chi connectivity index (χ3n) is 6.15. The minimum absolute atomic E-state index is 0.0796. The lowest BCUT2D eigenvalue weighted by atomic mass is 10.1. The van der Waals surface area contributed by atoms with Gasteiger partial charge in [-0.2, -0.15) is 0 Å². The average molecular weight is 673 g/mol. The maximum Gasteiger partial charge on any atom is 0.338 e. The normalized spacial score (nSPS) is 11.7. The Morgan fingerprint density at radius 2 is 1.48 bits per heavy atom. The van der Waals surface area contributed by atoms with Crippen molar-refractivity contribution in [2.45, 2.75) is 24.0 Å². The number of rotatable bonds is 11. The van der Waals surface area contributed by atoms with Gasteiger partial charge in [0.2, 0.25) is 5.91 Å². The Hall–Kier alpha value is -4.67. The lowest BCUT2D eigenvalue weighted by Crippen LogP contribution is -2.30. The number of carbonyl (C=O) groups excluding carboxylic acids is 4. The Balaban J connectivity index is 1.38. The first-order chi connectivity index (χ1) is 21.2. The Morgan fingerprint density at radius 3 is 2.14 bits per heavy atom. The summed E-state index contributed by atoms with van der Waals surface area (Å²) in [7, 11) is 0. The van der Waals surface area contributed by atoms with Crippen LogP contribution in [0, 0.1) is 0 Å². The summed E-state index contributed by atoms with van der Waals surface area (Å²) in [5.74, 6) is -1.51. The molecule has 0 heterocycles. The van der Waals surface area contributed by atoms with E-state index in [4.69, 9.17) is 4.74 Å². The van der Waals surface area contributed by atoms with Crippen molar-refractivity contribution in [3.05, 3.63) is 130 Å². The highest BCUT2D eigenvalue weighted by Gasteiger charge is 2.17. The summed E-state index contributed by atoms with van der Waals surface area (Å²) in [5.41, 5.74) is 2.73. The first kappa shape index (κ1) is 32.2. The number of halogens is 1. The van der Waals surface area contributed by atoms with Crippen LogP contribution in [-0.4, -0.2) is 35.5 Å². The lowest BCUT2D eigenvalue weighted by molar-refractivity contribution is -0.115. The molecular weight excluding hydrogens is 642 g/mol. The number of amides is 3. The number of anilines is 2. The first-order valence-corrected chi connectivity index (χ1v) is 15.4. The van der Waals surface area contributed by atoms with Gasteiger partial charge in [-0.25, -0.2) is 4.79 Å². The largest absolute Gasteiger partial charge is 0.462 e. The monoisotopic (exact) mass is 671 g/mol. The number of esters is 1. The lowest BCUT2D eigenvalue weighted by Gasteiger charge is -2.14. The van der Waals surface area contributed by atoms with Crippen molar-refractivity contribution in [1.29, 1.82) is 0 Å². The predicted molar refractivity (Wildman–Crippen MR) is 177 cm³/mol.